The zero-order valence-corrected chi connectivity index (χ0v) is 9.06. The first kappa shape index (κ1) is 11.7. The minimum atomic E-state index is -0.296. The summed E-state index contributed by atoms with van der Waals surface area (Å²) >= 11 is 0. The largest absolute Gasteiger partial charge is 0.465 e. The van der Waals surface area contributed by atoms with Gasteiger partial charge in [0.2, 0.25) is 0 Å². The zero-order chi connectivity index (χ0) is 11.3. The molecular weight excluding hydrogens is 196 g/mol. The van der Waals surface area contributed by atoms with Crippen LogP contribution >= 0.6 is 0 Å². The van der Waals surface area contributed by atoms with Crippen LogP contribution in [0.3, 0.4) is 0 Å². The Bertz CT molecular complexity index is 333. The van der Waals surface area contributed by atoms with Crippen molar-refractivity contribution in [3.8, 4) is 0 Å². The van der Waals surface area contributed by atoms with Gasteiger partial charge in [0.1, 0.15) is 6.54 Å². The molecule has 0 spiro atoms. The van der Waals surface area contributed by atoms with Crippen LogP contribution in [0.2, 0.25) is 0 Å². The second-order valence-electron chi connectivity index (χ2n) is 3.22. The predicted octanol–water partition coefficient (Wildman–Crippen LogP) is 0.289. The van der Waals surface area contributed by atoms with Gasteiger partial charge < -0.3 is 9.84 Å². The lowest BCUT2D eigenvalue weighted by Gasteiger charge is -2.00. The number of ether oxygens (including phenoxy) is 1. The van der Waals surface area contributed by atoms with E-state index in [0.29, 0.717) is 13.0 Å². The maximum absolute atomic E-state index is 11.2. The topological polar surface area (TPSA) is 64.3 Å². The van der Waals surface area contributed by atoms with Gasteiger partial charge in [-0.2, -0.15) is 5.10 Å². The standard InChI is InChI=1S/C10H16N2O3/c1-3-15-10(14)7-12-6-9(4-5-13)8(2)11-12/h6,13H,3-5,7H2,1-2H3. The summed E-state index contributed by atoms with van der Waals surface area (Å²) in [5.74, 6) is -0.296. The van der Waals surface area contributed by atoms with Crippen molar-refractivity contribution in [1.82, 2.24) is 9.78 Å². The minimum Gasteiger partial charge on any atom is -0.465 e. The summed E-state index contributed by atoms with van der Waals surface area (Å²) in [5.41, 5.74) is 1.80. The van der Waals surface area contributed by atoms with Gasteiger partial charge >= 0.3 is 5.97 Å². The highest BCUT2D eigenvalue weighted by atomic mass is 16.5. The highest BCUT2D eigenvalue weighted by Crippen LogP contribution is 2.06. The van der Waals surface area contributed by atoms with E-state index in [-0.39, 0.29) is 19.1 Å². The third-order valence-corrected chi connectivity index (χ3v) is 2.03. The van der Waals surface area contributed by atoms with E-state index < -0.39 is 0 Å². The van der Waals surface area contributed by atoms with E-state index in [9.17, 15) is 4.79 Å². The summed E-state index contributed by atoms with van der Waals surface area (Å²) in [6, 6.07) is 0. The number of nitrogens with zero attached hydrogens (tertiary/aromatic N) is 2. The van der Waals surface area contributed by atoms with Crippen LogP contribution < -0.4 is 0 Å². The van der Waals surface area contributed by atoms with Crippen molar-refractivity contribution in [3.63, 3.8) is 0 Å². The van der Waals surface area contributed by atoms with Crippen LogP contribution in [0.25, 0.3) is 0 Å². The molecule has 0 saturated carbocycles. The smallest absolute Gasteiger partial charge is 0.327 e. The van der Waals surface area contributed by atoms with Crippen molar-refractivity contribution in [2.24, 2.45) is 0 Å². The quantitative estimate of drug-likeness (QED) is 0.712. The van der Waals surface area contributed by atoms with E-state index in [0.717, 1.165) is 11.3 Å². The fraction of sp³-hybridized carbons (Fsp3) is 0.600. The summed E-state index contributed by atoms with van der Waals surface area (Å²) < 4.78 is 6.35. The molecule has 0 aromatic carbocycles. The van der Waals surface area contributed by atoms with Gasteiger partial charge in [-0.05, 0) is 25.8 Å². The van der Waals surface area contributed by atoms with Gasteiger partial charge in [0.25, 0.3) is 0 Å². The van der Waals surface area contributed by atoms with E-state index in [1.807, 2.05) is 6.92 Å². The summed E-state index contributed by atoms with van der Waals surface area (Å²) in [5, 5.41) is 12.9. The minimum absolute atomic E-state index is 0.0892. The molecule has 1 heterocycles. The van der Waals surface area contributed by atoms with Crippen molar-refractivity contribution in [2.75, 3.05) is 13.2 Å². The molecule has 84 valence electrons. The Morgan fingerprint density at radius 1 is 1.67 bits per heavy atom. The molecule has 1 aromatic rings. The molecule has 0 amide bonds. The molecule has 15 heavy (non-hydrogen) atoms. The van der Waals surface area contributed by atoms with Crippen molar-refractivity contribution in [2.45, 2.75) is 26.8 Å². The Morgan fingerprint density at radius 3 is 3.00 bits per heavy atom. The van der Waals surface area contributed by atoms with E-state index >= 15 is 0 Å². The molecule has 0 bridgehead atoms. The van der Waals surface area contributed by atoms with Crippen molar-refractivity contribution in [1.29, 1.82) is 0 Å². The highest BCUT2D eigenvalue weighted by Gasteiger charge is 2.08. The molecule has 5 nitrogen and oxygen atoms in total. The van der Waals surface area contributed by atoms with E-state index in [1.165, 1.54) is 0 Å². The van der Waals surface area contributed by atoms with Gasteiger partial charge in [-0.1, -0.05) is 0 Å². The van der Waals surface area contributed by atoms with Crippen LogP contribution in [0.15, 0.2) is 6.20 Å². The average molecular weight is 212 g/mol. The summed E-state index contributed by atoms with van der Waals surface area (Å²) in [4.78, 5) is 11.2. The van der Waals surface area contributed by atoms with Crippen molar-refractivity contribution >= 4 is 5.97 Å². The van der Waals surface area contributed by atoms with Gasteiger partial charge in [-0.15, -0.1) is 0 Å². The van der Waals surface area contributed by atoms with Crippen molar-refractivity contribution in [3.05, 3.63) is 17.5 Å². The summed E-state index contributed by atoms with van der Waals surface area (Å²) in [6.45, 7) is 4.21. The number of aryl methyl sites for hydroxylation is 1. The Morgan fingerprint density at radius 2 is 2.40 bits per heavy atom. The molecular formula is C10H16N2O3. The first-order chi connectivity index (χ1) is 7.17. The van der Waals surface area contributed by atoms with Crippen LogP contribution in [0, 0.1) is 6.92 Å². The average Bonchev–Trinajstić information content (AvgIpc) is 2.48. The molecule has 0 radical (unpaired) electrons. The van der Waals surface area contributed by atoms with Gasteiger partial charge in [0, 0.05) is 12.8 Å². The molecule has 0 unspecified atom stereocenters. The molecule has 5 heteroatoms. The predicted molar refractivity (Wildman–Crippen MR) is 54.4 cm³/mol. The highest BCUT2D eigenvalue weighted by molar-refractivity contribution is 5.69. The second-order valence-corrected chi connectivity index (χ2v) is 3.22. The van der Waals surface area contributed by atoms with Gasteiger partial charge in [-0.3, -0.25) is 9.48 Å². The van der Waals surface area contributed by atoms with Gasteiger partial charge in [0.15, 0.2) is 0 Å². The van der Waals surface area contributed by atoms with E-state index in [2.05, 4.69) is 5.10 Å². The molecule has 0 fully saturated rings. The number of rotatable bonds is 5. The number of hydrogen-bond donors (Lipinski definition) is 1. The Kier molecular flexibility index (Phi) is 4.30. The summed E-state index contributed by atoms with van der Waals surface area (Å²) in [7, 11) is 0. The summed E-state index contributed by atoms with van der Waals surface area (Å²) in [6.07, 6.45) is 2.33. The molecule has 0 aliphatic heterocycles. The lowest BCUT2D eigenvalue weighted by Crippen LogP contribution is -2.13. The van der Waals surface area contributed by atoms with Gasteiger partial charge in [-0.25, -0.2) is 0 Å². The SMILES string of the molecule is CCOC(=O)Cn1cc(CCO)c(C)n1. The first-order valence-corrected chi connectivity index (χ1v) is 4.96. The maximum Gasteiger partial charge on any atom is 0.327 e. The van der Waals surface area contributed by atoms with Crippen LogP contribution in [0.1, 0.15) is 18.2 Å². The van der Waals surface area contributed by atoms with Crippen LogP contribution in [-0.4, -0.2) is 34.1 Å². The molecule has 0 aliphatic carbocycles. The van der Waals surface area contributed by atoms with Crippen LogP contribution in [0.4, 0.5) is 0 Å². The lowest BCUT2D eigenvalue weighted by molar-refractivity contribution is -0.144. The lowest BCUT2D eigenvalue weighted by atomic mass is 10.2. The van der Waals surface area contributed by atoms with E-state index in [1.54, 1.807) is 17.8 Å². The fourth-order valence-corrected chi connectivity index (χ4v) is 1.34. The normalized spacial score (nSPS) is 10.3. The van der Waals surface area contributed by atoms with Crippen LogP contribution in [-0.2, 0) is 22.5 Å². The molecule has 0 saturated heterocycles. The fourth-order valence-electron chi connectivity index (χ4n) is 1.34. The third-order valence-electron chi connectivity index (χ3n) is 2.03. The number of aliphatic hydroxyl groups is 1. The number of aromatic nitrogens is 2. The Balaban J connectivity index is 2.62. The Labute approximate surface area is 88.7 Å². The molecule has 1 N–H and O–H groups in total. The molecule has 1 aromatic heterocycles. The molecule has 0 aliphatic rings. The zero-order valence-electron chi connectivity index (χ0n) is 9.06. The number of hydrogen-bond acceptors (Lipinski definition) is 4. The number of aliphatic hydroxyl groups excluding tert-OH is 1. The third kappa shape index (κ3) is 3.36. The first-order valence-electron chi connectivity index (χ1n) is 4.96. The monoisotopic (exact) mass is 212 g/mol. The molecule has 0 atom stereocenters. The van der Waals surface area contributed by atoms with Crippen molar-refractivity contribution < 1.29 is 14.6 Å². The second kappa shape index (κ2) is 5.50. The number of carbonyl (C=O) groups is 1. The van der Waals surface area contributed by atoms with E-state index in [4.69, 9.17) is 9.84 Å². The number of carbonyl (C=O) groups excluding carboxylic acids is 1. The Hall–Kier alpha value is -1.36. The maximum atomic E-state index is 11.2. The van der Waals surface area contributed by atoms with Crippen LogP contribution in [0.5, 0.6) is 0 Å². The van der Waals surface area contributed by atoms with Gasteiger partial charge in [0.05, 0.1) is 12.3 Å². The number of esters is 1. The molecule has 1 rings (SSSR count).